The molecule has 5 nitrogen and oxygen atoms in total. The van der Waals surface area contributed by atoms with Crippen LogP contribution in [0.5, 0.6) is 0 Å². The lowest BCUT2D eigenvalue weighted by Gasteiger charge is -2.37. The molecule has 0 saturated carbocycles. The van der Waals surface area contributed by atoms with Crippen molar-refractivity contribution >= 4 is 5.91 Å². The Bertz CT molecular complexity index is 491. The SMILES string of the molecule is COC(CN)CC(=O)N1CC(C)OC(c2ccc(F)cc2)C1. The summed E-state index contributed by atoms with van der Waals surface area (Å²) in [6, 6.07) is 6.19. The van der Waals surface area contributed by atoms with Gasteiger partial charge in [-0.1, -0.05) is 12.1 Å². The number of methoxy groups -OCH3 is 1. The summed E-state index contributed by atoms with van der Waals surface area (Å²) in [4.78, 5) is 14.1. The first kappa shape index (κ1) is 16.9. The summed E-state index contributed by atoms with van der Waals surface area (Å²) in [5, 5.41) is 0. The largest absolute Gasteiger partial charge is 0.380 e. The van der Waals surface area contributed by atoms with Crippen LogP contribution in [-0.4, -0.2) is 49.8 Å². The van der Waals surface area contributed by atoms with E-state index in [2.05, 4.69) is 0 Å². The Hall–Kier alpha value is -1.50. The van der Waals surface area contributed by atoms with E-state index < -0.39 is 0 Å². The average molecular weight is 310 g/mol. The molecule has 1 aromatic rings. The van der Waals surface area contributed by atoms with Gasteiger partial charge in [-0.05, 0) is 24.6 Å². The zero-order valence-corrected chi connectivity index (χ0v) is 13.0. The third-order valence-electron chi connectivity index (χ3n) is 3.85. The number of nitrogens with two attached hydrogens (primary N) is 1. The van der Waals surface area contributed by atoms with Crippen molar-refractivity contribution in [3.05, 3.63) is 35.6 Å². The first-order valence-corrected chi connectivity index (χ1v) is 7.45. The van der Waals surface area contributed by atoms with Crippen LogP contribution in [0, 0.1) is 5.82 Å². The van der Waals surface area contributed by atoms with Gasteiger partial charge in [0, 0.05) is 20.2 Å². The summed E-state index contributed by atoms with van der Waals surface area (Å²) in [5.74, 6) is -0.286. The highest BCUT2D eigenvalue weighted by Crippen LogP contribution is 2.26. The number of benzene rings is 1. The van der Waals surface area contributed by atoms with Crippen molar-refractivity contribution in [2.75, 3.05) is 26.7 Å². The maximum Gasteiger partial charge on any atom is 0.225 e. The maximum absolute atomic E-state index is 13.0. The maximum atomic E-state index is 13.0. The van der Waals surface area contributed by atoms with Crippen molar-refractivity contribution in [3.63, 3.8) is 0 Å². The van der Waals surface area contributed by atoms with Crippen molar-refractivity contribution in [2.24, 2.45) is 5.73 Å². The summed E-state index contributed by atoms with van der Waals surface area (Å²) >= 11 is 0. The molecule has 3 unspecified atom stereocenters. The van der Waals surface area contributed by atoms with Gasteiger partial charge in [-0.2, -0.15) is 0 Å². The van der Waals surface area contributed by atoms with Crippen molar-refractivity contribution in [3.8, 4) is 0 Å². The third-order valence-corrected chi connectivity index (χ3v) is 3.85. The molecule has 1 saturated heterocycles. The van der Waals surface area contributed by atoms with E-state index in [1.165, 1.54) is 12.1 Å². The van der Waals surface area contributed by atoms with Crippen molar-refractivity contribution < 1.29 is 18.7 Å². The number of carbonyl (C=O) groups excluding carboxylic acids is 1. The van der Waals surface area contributed by atoms with Gasteiger partial charge < -0.3 is 20.1 Å². The molecule has 0 bridgehead atoms. The predicted octanol–water partition coefficient (Wildman–Crippen LogP) is 1.48. The molecule has 1 aliphatic heterocycles. The van der Waals surface area contributed by atoms with Gasteiger partial charge in [-0.15, -0.1) is 0 Å². The molecule has 2 N–H and O–H groups in total. The minimum absolute atomic E-state index is 0.000406. The molecule has 0 aromatic heterocycles. The van der Waals surface area contributed by atoms with E-state index in [9.17, 15) is 9.18 Å². The molecule has 1 aromatic carbocycles. The first-order valence-electron chi connectivity index (χ1n) is 7.45. The van der Waals surface area contributed by atoms with Crippen LogP contribution in [0.25, 0.3) is 0 Å². The first-order chi connectivity index (χ1) is 10.5. The topological polar surface area (TPSA) is 64.8 Å². The number of carbonyl (C=O) groups is 1. The molecule has 0 radical (unpaired) electrons. The van der Waals surface area contributed by atoms with Crippen LogP contribution in [0.2, 0.25) is 0 Å². The van der Waals surface area contributed by atoms with Gasteiger partial charge in [-0.25, -0.2) is 4.39 Å². The molecule has 1 amide bonds. The number of hydrogen-bond donors (Lipinski definition) is 1. The summed E-state index contributed by atoms with van der Waals surface area (Å²) in [6.45, 7) is 3.23. The number of rotatable bonds is 5. The van der Waals surface area contributed by atoms with E-state index in [0.717, 1.165) is 5.56 Å². The van der Waals surface area contributed by atoms with E-state index in [4.69, 9.17) is 15.2 Å². The van der Waals surface area contributed by atoms with Crippen molar-refractivity contribution in [1.29, 1.82) is 0 Å². The number of hydrogen-bond acceptors (Lipinski definition) is 4. The molecule has 1 heterocycles. The van der Waals surface area contributed by atoms with E-state index in [0.29, 0.717) is 19.6 Å². The van der Waals surface area contributed by atoms with Gasteiger partial charge in [0.05, 0.1) is 25.2 Å². The van der Waals surface area contributed by atoms with E-state index in [1.54, 1.807) is 24.1 Å². The predicted molar refractivity (Wildman–Crippen MR) is 80.7 cm³/mol. The quantitative estimate of drug-likeness (QED) is 0.894. The lowest BCUT2D eigenvalue weighted by molar-refractivity contribution is -0.147. The summed E-state index contributed by atoms with van der Waals surface area (Å²) in [7, 11) is 1.55. The average Bonchev–Trinajstić information content (AvgIpc) is 2.52. The second-order valence-corrected chi connectivity index (χ2v) is 5.58. The molecule has 1 fully saturated rings. The Morgan fingerprint density at radius 1 is 1.45 bits per heavy atom. The molecule has 6 heteroatoms. The van der Waals surface area contributed by atoms with Gasteiger partial charge in [0.1, 0.15) is 11.9 Å². The van der Waals surface area contributed by atoms with Crippen LogP contribution >= 0.6 is 0 Å². The lowest BCUT2D eigenvalue weighted by Crippen LogP contribution is -2.47. The van der Waals surface area contributed by atoms with Crippen LogP contribution < -0.4 is 5.73 Å². The van der Waals surface area contributed by atoms with Crippen LogP contribution in [0.4, 0.5) is 4.39 Å². The number of amides is 1. The minimum atomic E-state index is -0.286. The molecule has 1 aliphatic rings. The third kappa shape index (κ3) is 4.25. The second-order valence-electron chi connectivity index (χ2n) is 5.58. The van der Waals surface area contributed by atoms with Crippen LogP contribution in [0.1, 0.15) is 25.0 Å². The van der Waals surface area contributed by atoms with Gasteiger partial charge in [0.15, 0.2) is 0 Å². The van der Waals surface area contributed by atoms with E-state index in [1.807, 2.05) is 6.92 Å². The Morgan fingerprint density at radius 2 is 2.14 bits per heavy atom. The second kappa shape index (κ2) is 7.67. The number of ether oxygens (including phenoxy) is 2. The molecular formula is C16H23FN2O3. The fourth-order valence-electron chi connectivity index (χ4n) is 2.60. The number of nitrogens with zero attached hydrogens (tertiary/aromatic N) is 1. The monoisotopic (exact) mass is 310 g/mol. The zero-order valence-electron chi connectivity index (χ0n) is 13.0. The highest BCUT2D eigenvalue weighted by Gasteiger charge is 2.30. The standard InChI is InChI=1S/C16H23FN2O3/c1-11-9-19(16(20)7-14(8-18)21-2)10-15(22-11)12-3-5-13(17)6-4-12/h3-6,11,14-15H,7-10,18H2,1-2H3. The fourth-order valence-corrected chi connectivity index (χ4v) is 2.60. The van der Waals surface area contributed by atoms with Crippen LogP contribution in [0.15, 0.2) is 24.3 Å². The zero-order chi connectivity index (χ0) is 16.1. The van der Waals surface area contributed by atoms with Crippen molar-refractivity contribution in [1.82, 2.24) is 4.90 Å². The molecule has 3 atom stereocenters. The number of morpholine rings is 1. The Balaban J connectivity index is 2.04. The molecule has 22 heavy (non-hydrogen) atoms. The van der Waals surface area contributed by atoms with Crippen molar-refractivity contribution in [2.45, 2.75) is 31.7 Å². The number of halogens is 1. The Labute approximate surface area is 130 Å². The lowest BCUT2D eigenvalue weighted by atomic mass is 10.1. The molecular weight excluding hydrogens is 287 g/mol. The smallest absolute Gasteiger partial charge is 0.225 e. The van der Waals surface area contributed by atoms with Gasteiger partial charge in [0.25, 0.3) is 0 Å². The summed E-state index contributed by atoms with van der Waals surface area (Å²) in [6.07, 6.45) is -0.329. The van der Waals surface area contributed by atoms with Crippen LogP contribution in [-0.2, 0) is 14.3 Å². The molecule has 2 rings (SSSR count). The van der Waals surface area contributed by atoms with Gasteiger partial charge in [-0.3, -0.25) is 4.79 Å². The molecule has 0 aliphatic carbocycles. The van der Waals surface area contributed by atoms with Gasteiger partial charge in [0.2, 0.25) is 5.91 Å². The Morgan fingerprint density at radius 3 is 2.73 bits per heavy atom. The Kier molecular flexibility index (Phi) is 5.88. The minimum Gasteiger partial charge on any atom is -0.380 e. The highest BCUT2D eigenvalue weighted by atomic mass is 19.1. The summed E-state index contributed by atoms with van der Waals surface area (Å²) < 4.78 is 24.1. The fraction of sp³-hybridized carbons (Fsp3) is 0.562. The van der Waals surface area contributed by atoms with Crippen LogP contribution in [0.3, 0.4) is 0 Å². The van der Waals surface area contributed by atoms with Gasteiger partial charge >= 0.3 is 0 Å². The summed E-state index contributed by atoms with van der Waals surface area (Å²) in [5.41, 5.74) is 6.43. The molecule has 0 spiro atoms. The molecule has 122 valence electrons. The van der Waals surface area contributed by atoms with E-state index in [-0.39, 0.29) is 36.5 Å². The highest BCUT2D eigenvalue weighted by molar-refractivity contribution is 5.77. The van der Waals surface area contributed by atoms with E-state index >= 15 is 0 Å². The normalized spacial score (nSPS) is 23.4.